The van der Waals surface area contributed by atoms with E-state index in [0.29, 0.717) is 0 Å². The molecule has 5 heteroatoms. The van der Waals surface area contributed by atoms with Crippen molar-refractivity contribution in [2.24, 2.45) is 0 Å². The standard InChI is InChI=1S/C22H27N3OS/c1-3-17-8-4-5-10-20(17)24-22(27)25-13-11-19(12-14-25)23-21(26)18-9-6-7-16(2)15-18/h4-10,15,19H,3,11-14H2,1-2H3,(H,23,26)(H,24,27). The zero-order valence-corrected chi connectivity index (χ0v) is 16.8. The zero-order chi connectivity index (χ0) is 19.2. The molecule has 1 fully saturated rings. The molecule has 1 aliphatic rings. The first-order chi connectivity index (χ1) is 13.1. The molecule has 4 nitrogen and oxygen atoms in total. The Morgan fingerprint density at radius 1 is 1.15 bits per heavy atom. The van der Waals surface area contributed by atoms with E-state index >= 15 is 0 Å². The Hall–Kier alpha value is -2.40. The summed E-state index contributed by atoms with van der Waals surface area (Å²) in [7, 11) is 0. The van der Waals surface area contributed by atoms with Gasteiger partial charge >= 0.3 is 0 Å². The van der Waals surface area contributed by atoms with E-state index < -0.39 is 0 Å². The molecule has 0 unspecified atom stereocenters. The molecule has 142 valence electrons. The Labute approximate surface area is 167 Å². The minimum Gasteiger partial charge on any atom is -0.349 e. The van der Waals surface area contributed by atoms with E-state index in [1.165, 1.54) is 5.56 Å². The van der Waals surface area contributed by atoms with Gasteiger partial charge in [-0.05, 0) is 62.2 Å². The molecular formula is C22H27N3OS. The SMILES string of the molecule is CCc1ccccc1NC(=S)N1CCC(NC(=O)c2cccc(C)c2)CC1. The predicted molar refractivity (Wildman–Crippen MR) is 115 cm³/mol. The molecule has 2 aromatic carbocycles. The van der Waals surface area contributed by atoms with E-state index in [2.05, 4.69) is 40.7 Å². The molecule has 0 bridgehead atoms. The monoisotopic (exact) mass is 381 g/mol. The lowest BCUT2D eigenvalue weighted by Gasteiger charge is -2.34. The molecule has 0 radical (unpaired) electrons. The average molecular weight is 382 g/mol. The first-order valence-electron chi connectivity index (χ1n) is 9.58. The van der Waals surface area contributed by atoms with Crippen molar-refractivity contribution in [2.75, 3.05) is 18.4 Å². The van der Waals surface area contributed by atoms with Gasteiger partial charge in [-0.25, -0.2) is 0 Å². The van der Waals surface area contributed by atoms with Gasteiger partial charge in [0.15, 0.2) is 5.11 Å². The van der Waals surface area contributed by atoms with Crippen LogP contribution in [-0.4, -0.2) is 35.1 Å². The molecule has 1 aliphatic heterocycles. The maximum Gasteiger partial charge on any atom is 0.251 e. The predicted octanol–water partition coefficient (Wildman–Crippen LogP) is 4.15. The van der Waals surface area contributed by atoms with Gasteiger partial charge in [-0.3, -0.25) is 4.79 Å². The van der Waals surface area contributed by atoms with E-state index in [9.17, 15) is 4.79 Å². The van der Waals surface area contributed by atoms with Crippen molar-refractivity contribution in [2.45, 2.75) is 39.2 Å². The van der Waals surface area contributed by atoms with Gasteiger partial charge in [0.1, 0.15) is 0 Å². The van der Waals surface area contributed by atoms with Crippen LogP contribution in [0.4, 0.5) is 5.69 Å². The Morgan fingerprint density at radius 2 is 1.89 bits per heavy atom. The van der Waals surface area contributed by atoms with E-state index in [0.717, 1.165) is 54.3 Å². The van der Waals surface area contributed by atoms with Gasteiger partial charge < -0.3 is 15.5 Å². The summed E-state index contributed by atoms with van der Waals surface area (Å²) in [5, 5.41) is 7.31. The van der Waals surface area contributed by atoms with Crippen molar-refractivity contribution < 1.29 is 4.79 Å². The second kappa shape index (κ2) is 9.00. The second-order valence-corrected chi connectivity index (χ2v) is 7.43. The quantitative estimate of drug-likeness (QED) is 0.781. The summed E-state index contributed by atoms with van der Waals surface area (Å²) in [6, 6.07) is 16.2. The number of hydrogen-bond acceptors (Lipinski definition) is 2. The molecule has 0 atom stereocenters. The number of benzene rings is 2. The van der Waals surface area contributed by atoms with Gasteiger partial charge in [-0.2, -0.15) is 0 Å². The van der Waals surface area contributed by atoms with Gasteiger partial charge in [0.05, 0.1) is 0 Å². The maximum atomic E-state index is 12.4. The fraction of sp³-hybridized carbons (Fsp3) is 0.364. The van der Waals surface area contributed by atoms with Gasteiger partial charge in [0, 0.05) is 30.4 Å². The minimum absolute atomic E-state index is 0.00900. The van der Waals surface area contributed by atoms with Gasteiger partial charge in [-0.1, -0.05) is 42.8 Å². The summed E-state index contributed by atoms with van der Waals surface area (Å²) in [6.07, 6.45) is 2.77. The molecule has 1 amide bonds. The van der Waals surface area contributed by atoms with E-state index in [-0.39, 0.29) is 11.9 Å². The average Bonchev–Trinajstić information content (AvgIpc) is 2.69. The number of thiocarbonyl (C=S) groups is 1. The highest BCUT2D eigenvalue weighted by molar-refractivity contribution is 7.80. The number of anilines is 1. The fourth-order valence-electron chi connectivity index (χ4n) is 3.43. The van der Waals surface area contributed by atoms with Crippen molar-refractivity contribution in [1.29, 1.82) is 0 Å². The molecule has 0 saturated carbocycles. The smallest absolute Gasteiger partial charge is 0.251 e. The first kappa shape index (κ1) is 19.4. The zero-order valence-electron chi connectivity index (χ0n) is 16.0. The van der Waals surface area contributed by atoms with E-state index in [1.54, 1.807) is 0 Å². The molecule has 27 heavy (non-hydrogen) atoms. The van der Waals surface area contributed by atoms with Crippen LogP contribution in [0.5, 0.6) is 0 Å². The number of nitrogens with one attached hydrogen (secondary N) is 2. The number of rotatable bonds is 4. The molecule has 3 rings (SSSR count). The van der Waals surface area contributed by atoms with Crippen LogP contribution in [0.1, 0.15) is 41.3 Å². The minimum atomic E-state index is 0.00900. The number of amides is 1. The second-order valence-electron chi connectivity index (χ2n) is 7.05. The van der Waals surface area contributed by atoms with Crippen LogP contribution in [0.25, 0.3) is 0 Å². The van der Waals surface area contributed by atoms with Crippen molar-refractivity contribution in [3.8, 4) is 0 Å². The van der Waals surface area contributed by atoms with Crippen LogP contribution < -0.4 is 10.6 Å². The highest BCUT2D eigenvalue weighted by Crippen LogP contribution is 2.18. The summed E-state index contributed by atoms with van der Waals surface area (Å²) in [5.41, 5.74) is 4.17. The summed E-state index contributed by atoms with van der Waals surface area (Å²) in [6.45, 7) is 5.84. The van der Waals surface area contributed by atoms with Crippen LogP contribution >= 0.6 is 12.2 Å². The van der Waals surface area contributed by atoms with Crippen LogP contribution in [0.15, 0.2) is 48.5 Å². The summed E-state index contributed by atoms with van der Waals surface area (Å²) in [5.74, 6) is 0.00900. The molecule has 0 aliphatic carbocycles. The largest absolute Gasteiger partial charge is 0.349 e. The van der Waals surface area contributed by atoms with Gasteiger partial charge in [0.25, 0.3) is 5.91 Å². The van der Waals surface area contributed by atoms with E-state index in [1.807, 2.05) is 37.3 Å². The summed E-state index contributed by atoms with van der Waals surface area (Å²) in [4.78, 5) is 14.6. The summed E-state index contributed by atoms with van der Waals surface area (Å²) < 4.78 is 0. The molecular weight excluding hydrogens is 354 g/mol. The van der Waals surface area contributed by atoms with Crippen molar-refractivity contribution >= 4 is 28.9 Å². The number of aryl methyl sites for hydroxylation is 2. The Bertz CT molecular complexity index is 813. The van der Waals surface area contributed by atoms with Crippen LogP contribution in [0.2, 0.25) is 0 Å². The fourth-order valence-corrected chi connectivity index (χ4v) is 3.72. The molecule has 1 heterocycles. The number of hydrogen-bond donors (Lipinski definition) is 2. The number of para-hydroxylation sites is 1. The van der Waals surface area contributed by atoms with Gasteiger partial charge in [0.2, 0.25) is 0 Å². The summed E-state index contributed by atoms with van der Waals surface area (Å²) >= 11 is 5.61. The highest BCUT2D eigenvalue weighted by Gasteiger charge is 2.23. The van der Waals surface area contributed by atoms with E-state index in [4.69, 9.17) is 12.2 Å². The molecule has 0 aromatic heterocycles. The number of piperidine rings is 1. The molecule has 0 spiro atoms. The Kier molecular flexibility index (Phi) is 6.45. The lowest BCUT2D eigenvalue weighted by molar-refractivity contribution is 0.0922. The molecule has 2 N–H and O–H groups in total. The van der Waals surface area contributed by atoms with Crippen LogP contribution in [0, 0.1) is 6.92 Å². The number of nitrogens with zero attached hydrogens (tertiary/aromatic N) is 1. The van der Waals surface area contributed by atoms with Crippen LogP contribution in [-0.2, 0) is 6.42 Å². The number of carbonyl (C=O) groups excluding carboxylic acids is 1. The third kappa shape index (κ3) is 5.07. The van der Waals surface area contributed by atoms with Crippen LogP contribution in [0.3, 0.4) is 0 Å². The number of likely N-dealkylation sites (tertiary alicyclic amines) is 1. The molecule has 1 saturated heterocycles. The lowest BCUT2D eigenvalue weighted by Crippen LogP contribution is -2.47. The third-order valence-corrected chi connectivity index (χ3v) is 5.40. The highest BCUT2D eigenvalue weighted by atomic mass is 32.1. The Balaban J connectivity index is 1.51. The van der Waals surface area contributed by atoms with Crippen molar-refractivity contribution in [3.05, 3.63) is 65.2 Å². The first-order valence-corrected chi connectivity index (χ1v) is 9.99. The third-order valence-electron chi connectivity index (χ3n) is 5.04. The van der Waals surface area contributed by atoms with Gasteiger partial charge in [-0.15, -0.1) is 0 Å². The normalized spacial score (nSPS) is 14.7. The topological polar surface area (TPSA) is 44.4 Å². The lowest BCUT2D eigenvalue weighted by atomic mass is 10.0. The Morgan fingerprint density at radius 3 is 2.59 bits per heavy atom. The van der Waals surface area contributed by atoms with Crippen molar-refractivity contribution in [1.82, 2.24) is 10.2 Å². The number of carbonyl (C=O) groups is 1. The molecule has 2 aromatic rings. The van der Waals surface area contributed by atoms with Crippen molar-refractivity contribution in [3.63, 3.8) is 0 Å². The maximum absolute atomic E-state index is 12.4.